The Balaban J connectivity index is 1.74. The van der Waals surface area contributed by atoms with Crippen molar-refractivity contribution in [2.75, 3.05) is 18.1 Å². The fraction of sp³-hybridized carbons (Fsp3) is 0.421. The number of nitrogens with zero attached hydrogens (tertiary/aromatic N) is 2. The van der Waals surface area contributed by atoms with E-state index in [-0.39, 0.29) is 11.8 Å². The quantitative estimate of drug-likeness (QED) is 0.812. The number of hydrogen-bond acceptors (Lipinski definition) is 2. The van der Waals surface area contributed by atoms with Gasteiger partial charge in [-0.3, -0.25) is 4.79 Å². The van der Waals surface area contributed by atoms with Crippen LogP contribution in [0.5, 0.6) is 0 Å². The summed E-state index contributed by atoms with van der Waals surface area (Å²) < 4.78 is 7.59. The van der Waals surface area contributed by atoms with E-state index >= 15 is 0 Å². The monoisotopic (exact) mass is 310 g/mol. The van der Waals surface area contributed by atoms with Crippen molar-refractivity contribution in [3.8, 4) is 0 Å². The molecule has 1 fully saturated rings. The molecule has 0 atom stereocenters. The lowest BCUT2D eigenvalue weighted by Gasteiger charge is -2.29. The molecule has 2 aliphatic rings. The minimum atomic E-state index is 0.0852. The molecule has 0 unspecified atom stereocenters. The molecule has 0 N–H and O–H groups in total. The Morgan fingerprint density at radius 3 is 2.74 bits per heavy atom. The Bertz CT molecular complexity index is 729. The first-order valence-corrected chi connectivity index (χ1v) is 8.34. The summed E-state index contributed by atoms with van der Waals surface area (Å²) in [7, 11) is 2.08. The molecule has 120 valence electrons. The lowest BCUT2D eigenvalue weighted by atomic mass is 9.98. The summed E-state index contributed by atoms with van der Waals surface area (Å²) in [5.41, 5.74) is 4.86. The third-order valence-electron chi connectivity index (χ3n) is 5.10. The number of rotatable bonds is 1. The fourth-order valence-corrected chi connectivity index (χ4v) is 3.72. The molecule has 1 amide bonds. The van der Waals surface area contributed by atoms with Gasteiger partial charge in [-0.05, 0) is 36.1 Å². The molecule has 3 heterocycles. The minimum Gasteiger partial charge on any atom is -0.381 e. The molecule has 0 aliphatic carbocycles. The molecular weight excluding hydrogens is 288 g/mol. The maximum Gasteiger partial charge on any atom is 0.230 e. The average molecular weight is 310 g/mol. The lowest BCUT2D eigenvalue weighted by molar-refractivity contribution is -0.125. The highest BCUT2D eigenvalue weighted by Gasteiger charge is 2.31. The largest absolute Gasteiger partial charge is 0.381 e. The molecule has 1 aromatic heterocycles. The van der Waals surface area contributed by atoms with Crippen LogP contribution < -0.4 is 4.90 Å². The summed E-state index contributed by atoms with van der Waals surface area (Å²) in [5, 5.41) is 0. The molecule has 0 bridgehead atoms. The molecule has 4 heteroatoms. The number of hydrogen-bond donors (Lipinski definition) is 0. The molecule has 2 aromatic rings. The van der Waals surface area contributed by atoms with Gasteiger partial charge in [0.15, 0.2) is 0 Å². The number of carbonyl (C=O) groups is 1. The first-order valence-electron chi connectivity index (χ1n) is 8.34. The third-order valence-corrected chi connectivity index (χ3v) is 5.10. The molecule has 1 aromatic carbocycles. The van der Waals surface area contributed by atoms with Crippen LogP contribution in [-0.2, 0) is 29.5 Å². The van der Waals surface area contributed by atoms with Crippen LogP contribution in [0.4, 0.5) is 5.69 Å². The zero-order valence-corrected chi connectivity index (χ0v) is 13.5. The van der Waals surface area contributed by atoms with Crippen LogP contribution in [0.2, 0.25) is 0 Å². The first kappa shape index (κ1) is 14.5. The summed E-state index contributed by atoms with van der Waals surface area (Å²) in [6, 6.07) is 10.5. The SMILES string of the molecule is Cn1ccc2c1Cc1ccccc1N(C(=O)C1CCOCC1)C2. The zero-order valence-electron chi connectivity index (χ0n) is 13.5. The minimum absolute atomic E-state index is 0.0852. The van der Waals surface area contributed by atoms with E-state index in [0.29, 0.717) is 19.8 Å². The number of aryl methyl sites for hydroxylation is 1. The summed E-state index contributed by atoms with van der Waals surface area (Å²) >= 11 is 0. The Morgan fingerprint density at radius 2 is 1.91 bits per heavy atom. The second-order valence-corrected chi connectivity index (χ2v) is 6.52. The van der Waals surface area contributed by atoms with Crippen LogP contribution >= 0.6 is 0 Å². The number of benzene rings is 1. The summed E-state index contributed by atoms with van der Waals surface area (Å²) in [6.07, 6.45) is 4.64. The standard InChI is InChI=1S/C19H22N2O2/c1-20-9-6-16-13-21(19(22)14-7-10-23-11-8-14)17-5-3-2-4-15(17)12-18(16)20/h2-6,9,14H,7-8,10-13H2,1H3. The van der Waals surface area contributed by atoms with Crippen LogP contribution in [0.3, 0.4) is 0 Å². The molecule has 4 rings (SSSR count). The van der Waals surface area contributed by atoms with Crippen LogP contribution in [0, 0.1) is 5.92 Å². The molecule has 0 radical (unpaired) electrons. The second kappa shape index (κ2) is 5.85. The maximum atomic E-state index is 13.1. The fourth-order valence-electron chi connectivity index (χ4n) is 3.72. The Kier molecular flexibility index (Phi) is 3.69. The van der Waals surface area contributed by atoms with E-state index in [1.165, 1.54) is 16.8 Å². The van der Waals surface area contributed by atoms with Crippen LogP contribution in [0.1, 0.15) is 29.7 Å². The van der Waals surface area contributed by atoms with Gasteiger partial charge >= 0.3 is 0 Å². The van der Waals surface area contributed by atoms with Gasteiger partial charge in [-0.15, -0.1) is 0 Å². The van der Waals surface area contributed by atoms with E-state index in [2.05, 4.69) is 42.1 Å². The maximum absolute atomic E-state index is 13.1. The van der Waals surface area contributed by atoms with Crippen molar-refractivity contribution in [3.05, 3.63) is 53.3 Å². The van der Waals surface area contributed by atoms with E-state index in [4.69, 9.17) is 4.74 Å². The van der Waals surface area contributed by atoms with Crippen molar-refractivity contribution in [3.63, 3.8) is 0 Å². The predicted molar refractivity (Wildman–Crippen MR) is 89.4 cm³/mol. The van der Waals surface area contributed by atoms with Crippen molar-refractivity contribution in [1.82, 2.24) is 4.57 Å². The number of aromatic nitrogens is 1. The van der Waals surface area contributed by atoms with Crippen LogP contribution in [0.25, 0.3) is 0 Å². The van der Waals surface area contributed by atoms with Crippen molar-refractivity contribution in [2.45, 2.75) is 25.8 Å². The number of para-hydroxylation sites is 1. The Labute approximate surface area is 136 Å². The van der Waals surface area contributed by atoms with E-state index in [1.54, 1.807) is 0 Å². The summed E-state index contributed by atoms with van der Waals surface area (Å²) in [6.45, 7) is 2.06. The van der Waals surface area contributed by atoms with Crippen molar-refractivity contribution < 1.29 is 9.53 Å². The Hall–Kier alpha value is -2.07. The first-order chi connectivity index (χ1) is 11.2. The lowest BCUT2D eigenvalue weighted by Crippen LogP contribution is -2.38. The van der Waals surface area contributed by atoms with Crippen molar-refractivity contribution in [2.24, 2.45) is 13.0 Å². The number of amides is 1. The van der Waals surface area contributed by atoms with Crippen molar-refractivity contribution >= 4 is 11.6 Å². The van der Waals surface area contributed by atoms with Gasteiger partial charge in [-0.2, -0.15) is 0 Å². The highest BCUT2D eigenvalue weighted by molar-refractivity contribution is 5.96. The van der Waals surface area contributed by atoms with Crippen LogP contribution in [0.15, 0.2) is 36.5 Å². The van der Waals surface area contributed by atoms with Gasteiger partial charge in [-0.25, -0.2) is 0 Å². The topological polar surface area (TPSA) is 34.5 Å². The highest BCUT2D eigenvalue weighted by Crippen LogP contribution is 2.33. The highest BCUT2D eigenvalue weighted by atomic mass is 16.5. The van der Waals surface area contributed by atoms with Crippen molar-refractivity contribution in [1.29, 1.82) is 0 Å². The number of carbonyl (C=O) groups excluding carboxylic acids is 1. The van der Waals surface area contributed by atoms with Gasteiger partial charge in [0.25, 0.3) is 0 Å². The van der Waals surface area contributed by atoms with Gasteiger partial charge < -0.3 is 14.2 Å². The van der Waals surface area contributed by atoms with Gasteiger partial charge in [0.2, 0.25) is 5.91 Å². The molecule has 0 saturated carbocycles. The normalized spacial score (nSPS) is 18.2. The third kappa shape index (κ3) is 2.57. The molecule has 1 saturated heterocycles. The summed E-state index contributed by atoms with van der Waals surface area (Å²) in [4.78, 5) is 15.1. The van der Waals surface area contributed by atoms with Gasteiger partial charge in [-0.1, -0.05) is 18.2 Å². The molecule has 2 aliphatic heterocycles. The van der Waals surface area contributed by atoms with E-state index < -0.39 is 0 Å². The van der Waals surface area contributed by atoms with Gasteiger partial charge in [0.1, 0.15) is 0 Å². The molecule has 0 spiro atoms. The number of ether oxygens (including phenoxy) is 1. The van der Waals surface area contributed by atoms with E-state index in [0.717, 1.165) is 24.9 Å². The zero-order chi connectivity index (χ0) is 15.8. The van der Waals surface area contributed by atoms with Crippen LogP contribution in [-0.4, -0.2) is 23.7 Å². The Morgan fingerprint density at radius 1 is 1.13 bits per heavy atom. The molecular formula is C19H22N2O2. The van der Waals surface area contributed by atoms with E-state index in [1.807, 2.05) is 11.0 Å². The second-order valence-electron chi connectivity index (χ2n) is 6.52. The number of anilines is 1. The summed E-state index contributed by atoms with van der Waals surface area (Å²) in [5.74, 6) is 0.333. The van der Waals surface area contributed by atoms with Gasteiger partial charge in [0, 0.05) is 50.2 Å². The van der Waals surface area contributed by atoms with Gasteiger partial charge in [0.05, 0.1) is 6.54 Å². The molecule has 4 nitrogen and oxygen atoms in total. The molecule has 23 heavy (non-hydrogen) atoms. The smallest absolute Gasteiger partial charge is 0.230 e. The average Bonchev–Trinajstić information content (AvgIpc) is 2.84. The van der Waals surface area contributed by atoms with E-state index in [9.17, 15) is 4.79 Å². The predicted octanol–water partition coefficient (Wildman–Crippen LogP) is 2.89. The number of fused-ring (bicyclic) bond motifs is 2.